The first-order chi connectivity index (χ1) is 13.7. The van der Waals surface area contributed by atoms with Crippen molar-refractivity contribution in [2.75, 3.05) is 11.9 Å². The van der Waals surface area contributed by atoms with E-state index in [1.165, 1.54) is 27.9 Å². The Hall–Kier alpha value is -2.43. The summed E-state index contributed by atoms with van der Waals surface area (Å²) in [4.78, 5) is 12.2. The number of imidazole rings is 1. The van der Waals surface area contributed by atoms with Gasteiger partial charge in [0.25, 0.3) is 0 Å². The summed E-state index contributed by atoms with van der Waals surface area (Å²) in [5, 5.41) is 4.57. The standard InChI is InChI=1S/C25H35N5/c1-14-15(2)21-18(23(5,6)24(7,8)25(9,10)29(21)11)16(3)19(14)27-20-17(4)28-30-13-12-26-22(20)30/h12-13H,1-11H3. The quantitative estimate of drug-likeness (QED) is 0.611. The average Bonchev–Trinajstić information content (AvgIpc) is 3.20. The Kier molecular flexibility index (Phi) is 4.20. The molecule has 0 bridgehead atoms. The Bertz CT molecular complexity index is 1120. The summed E-state index contributed by atoms with van der Waals surface area (Å²) in [6, 6.07) is 0. The summed E-state index contributed by atoms with van der Waals surface area (Å²) in [7, 11) is 2.25. The van der Waals surface area contributed by atoms with Gasteiger partial charge in [-0.05, 0) is 74.6 Å². The van der Waals surface area contributed by atoms with Gasteiger partial charge in [-0.15, -0.1) is 0 Å². The van der Waals surface area contributed by atoms with Crippen LogP contribution in [0.25, 0.3) is 0 Å². The molecule has 0 spiro atoms. The van der Waals surface area contributed by atoms with Gasteiger partial charge in [0.05, 0.1) is 11.4 Å². The second kappa shape index (κ2) is 6.05. The minimum atomic E-state index is -0.0207. The number of rotatable bonds is 1. The third-order valence-electron chi connectivity index (χ3n) is 8.79. The van der Waals surface area contributed by atoms with Crippen LogP contribution in [0.2, 0.25) is 0 Å². The molecule has 1 aromatic carbocycles. The lowest BCUT2D eigenvalue weighted by molar-refractivity contribution is 0.0802. The highest BCUT2D eigenvalue weighted by Crippen LogP contribution is 2.60. The van der Waals surface area contributed by atoms with Gasteiger partial charge in [0.1, 0.15) is 5.71 Å². The highest BCUT2D eigenvalue weighted by molar-refractivity contribution is 6.48. The summed E-state index contributed by atoms with van der Waals surface area (Å²) >= 11 is 0. The van der Waals surface area contributed by atoms with E-state index in [9.17, 15) is 0 Å². The molecule has 0 atom stereocenters. The van der Waals surface area contributed by atoms with Crippen molar-refractivity contribution in [1.82, 2.24) is 9.66 Å². The molecular formula is C25H35N5. The highest BCUT2D eigenvalue weighted by Gasteiger charge is 2.56. The summed E-state index contributed by atoms with van der Waals surface area (Å²) in [5.41, 5.74) is 9.46. The summed E-state index contributed by atoms with van der Waals surface area (Å²) in [6.07, 6.45) is 3.66. The Morgan fingerprint density at radius 2 is 1.53 bits per heavy atom. The zero-order valence-corrected chi connectivity index (χ0v) is 20.4. The van der Waals surface area contributed by atoms with Crippen molar-refractivity contribution in [1.29, 1.82) is 0 Å². The predicted octanol–water partition coefficient (Wildman–Crippen LogP) is 5.70. The van der Waals surface area contributed by atoms with Crippen molar-refractivity contribution in [3.8, 4) is 0 Å². The van der Waals surface area contributed by atoms with Crippen molar-refractivity contribution in [3.63, 3.8) is 0 Å². The normalized spacial score (nSPS) is 22.2. The molecule has 0 aliphatic carbocycles. The molecule has 30 heavy (non-hydrogen) atoms. The first-order valence-electron chi connectivity index (χ1n) is 10.8. The van der Waals surface area contributed by atoms with E-state index < -0.39 is 0 Å². The summed E-state index contributed by atoms with van der Waals surface area (Å²) in [5.74, 6) is 0.819. The van der Waals surface area contributed by atoms with E-state index in [1.807, 2.05) is 17.8 Å². The van der Waals surface area contributed by atoms with Crippen LogP contribution in [0.15, 0.2) is 22.5 Å². The fourth-order valence-electron chi connectivity index (χ4n) is 5.41. The molecule has 2 aliphatic heterocycles. The fourth-order valence-corrected chi connectivity index (χ4v) is 5.41. The van der Waals surface area contributed by atoms with Gasteiger partial charge in [-0.2, -0.15) is 5.10 Å². The fraction of sp³-hybridized carbons (Fsp3) is 0.560. The van der Waals surface area contributed by atoms with Crippen molar-refractivity contribution < 1.29 is 0 Å². The number of fused-ring (bicyclic) bond motifs is 2. The van der Waals surface area contributed by atoms with Gasteiger partial charge in [-0.25, -0.2) is 14.7 Å². The van der Waals surface area contributed by atoms with Crippen LogP contribution in [0.3, 0.4) is 0 Å². The van der Waals surface area contributed by atoms with Crippen LogP contribution in [0.4, 0.5) is 11.4 Å². The van der Waals surface area contributed by atoms with E-state index in [0.717, 1.165) is 22.9 Å². The number of nitrogens with zero attached hydrogens (tertiary/aromatic N) is 5. The molecule has 2 aliphatic rings. The maximum atomic E-state index is 5.18. The SMILES string of the molecule is CC1=Nn2ccnc2C1=Nc1c(C)c(C)c2c(c1C)C(C)(C)C(C)(C)C(C)(C)N2C. The average molecular weight is 406 g/mol. The minimum Gasteiger partial charge on any atom is -0.368 e. The molecule has 0 fully saturated rings. The Morgan fingerprint density at radius 3 is 2.17 bits per heavy atom. The van der Waals surface area contributed by atoms with Crippen LogP contribution < -0.4 is 4.90 Å². The second-order valence-corrected chi connectivity index (χ2v) is 10.6. The molecule has 0 saturated carbocycles. The lowest BCUT2D eigenvalue weighted by Crippen LogP contribution is -2.63. The molecule has 0 amide bonds. The summed E-state index contributed by atoms with van der Waals surface area (Å²) < 4.78 is 1.81. The van der Waals surface area contributed by atoms with Crippen molar-refractivity contribution in [2.45, 2.75) is 80.2 Å². The molecule has 0 saturated heterocycles. The second-order valence-electron chi connectivity index (χ2n) is 10.6. The molecule has 0 unspecified atom stereocenters. The number of hydrogen-bond donors (Lipinski definition) is 0. The van der Waals surface area contributed by atoms with Gasteiger partial charge >= 0.3 is 0 Å². The van der Waals surface area contributed by atoms with Crippen LogP contribution in [-0.4, -0.2) is 33.7 Å². The van der Waals surface area contributed by atoms with Gasteiger partial charge in [0.2, 0.25) is 0 Å². The maximum Gasteiger partial charge on any atom is 0.181 e. The van der Waals surface area contributed by atoms with Gasteiger partial charge in [-0.3, -0.25) is 0 Å². The zero-order valence-electron chi connectivity index (χ0n) is 20.4. The van der Waals surface area contributed by atoms with Crippen LogP contribution in [0, 0.1) is 26.2 Å². The van der Waals surface area contributed by atoms with Crippen LogP contribution in [0.1, 0.15) is 76.5 Å². The van der Waals surface area contributed by atoms with Crippen LogP contribution in [-0.2, 0) is 5.41 Å². The highest BCUT2D eigenvalue weighted by atomic mass is 15.4. The topological polar surface area (TPSA) is 45.8 Å². The third-order valence-corrected chi connectivity index (χ3v) is 8.79. The lowest BCUT2D eigenvalue weighted by Gasteiger charge is -2.62. The Labute approximate surface area is 180 Å². The van der Waals surface area contributed by atoms with Crippen LogP contribution in [0.5, 0.6) is 0 Å². The maximum absolute atomic E-state index is 5.18. The van der Waals surface area contributed by atoms with Gasteiger partial charge in [0, 0.05) is 30.7 Å². The molecule has 0 radical (unpaired) electrons. The zero-order chi connectivity index (χ0) is 22.4. The number of aromatic nitrogens is 2. The van der Waals surface area contributed by atoms with Crippen molar-refractivity contribution in [3.05, 3.63) is 40.5 Å². The van der Waals surface area contributed by atoms with Gasteiger partial charge in [0.15, 0.2) is 5.82 Å². The van der Waals surface area contributed by atoms with Gasteiger partial charge < -0.3 is 4.90 Å². The van der Waals surface area contributed by atoms with Gasteiger partial charge in [-0.1, -0.05) is 27.7 Å². The lowest BCUT2D eigenvalue weighted by atomic mass is 9.52. The van der Waals surface area contributed by atoms with Crippen LogP contribution >= 0.6 is 0 Å². The number of hydrogen-bond acceptors (Lipinski definition) is 4. The molecule has 1 aromatic heterocycles. The van der Waals surface area contributed by atoms with E-state index >= 15 is 0 Å². The van der Waals surface area contributed by atoms with E-state index in [0.29, 0.717) is 0 Å². The smallest absolute Gasteiger partial charge is 0.181 e. The number of aliphatic imine (C=N–C) groups is 1. The number of anilines is 1. The predicted molar refractivity (Wildman–Crippen MR) is 127 cm³/mol. The number of benzene rings is 1. The van der Waals surface area contributed by atoms with E-state index in [-0.39, 0.29) is 16.4 Å². The Morgan fingerprint density at radius 1 is 0.900 bits per heavy atom. The monoisotopic (exact) mass is 405 g/mol. The molecule has 5 nitrogen and oxygen atoms in total. The Balaban J connectivity index is 2.05. The van der Waals surface area contributed by atoms with Crippen molar-refractivity contribution in [2.24, 2.45) is 15.5 Å². The molecule has 160 valence electrons. The molecule has 0 N–H and O–H groups in total. The van der Waals surface area contributed by atoms with E-state index in [1.54, 1.807) is 6.20 Å². The first-order valence-corrected chi connectivity index (χ1v) is 10.8. The molecule has 4 rings (SSSR count). The molecule has 2 aromatic rings. The third kappa shape index (κ3) is 2.32. The minimum absolute atomic E-state index is 0.0139. The first kappa shape index (κ1) is 20.8. The van der Waals surface area contributed by atoms with Crippen molar-refractivity contribution >= 4 is 22.8 Å². The molecular weight excluding hydrogens is 370 g/mol. The van der Waals surface area contributed by atoms with E-state index in [2.05, 4.69) is 84.3 Å². The summed E-state index contributed by atoms with van der Waals surface area (Å²) in [6.45, 7) is 23.0. The molecule has 5 heteroatoms. The molecule has 3 heterocycles. The van der Waals surface area contributed by atoms with E-state index in [4.69, 9.17) is 4.99 Å². The largest absolute Gasteiger partial charge is 0.368 e.